The molecule has 1 unspecified atom stereocenters. The number of rotatable bonds is 4. The van der Waals surface area contributed by atoms with Crippen LogP contribution < -0.4 is 5.32 Å². The highest BCUT2D eigenvalue weighted by Gasteiger charge is 2.30. The zero-order valence-electron chi connectivity index (χ0n) is 15.7. The average Bonchev–Trinajstić information content (AvgIpc) is 2.57. The summed E-state index contributed by atoms with van der Waals surface area (Å²) in [6.07, 6.45) is 0. The van der Waals surface area contributed by atoms with Crippen LogP contribution in [0.15, 0.2) is 23.1 Å². The van der Waals surface area contributed by atoms with E-state index in [4.69, 9.17) is 0 Å². The monoisotopic (exact) mass is 367 g/mol. The highest BCUT2D eigenvalue weighted by molar-refractivity contribution is 7.89. The lowest BCUT2D eigenvalue weighted by atomic mass is 10.1. The maximum atomic E-state index is 12.8. The molecule has 140 valence electrons. The lowest BCUT2D eigenvalue weighted by Gasteiger charge is -2.35. The maximum absolute atomic E-state index is 12.8. The fourth-order valence-electron chi connectivity index (χ4n) is 2.61. The number of benzene rings is 1. The van der Waals surface area contributed by atoms with Crippen LogP contribution in [0.25, 0.3) is 0 Å². The lowest BCUT2D eigenvalue weighted by molar-refractivity contribution is 0.167. The Morgan fingerprint density at radius 1 is 1.04 bits per heavy atom. The molecular weight excluding hydrogens is 338 g/mol. The Kier molecular flexibility index (Phi) is 6.11. The summed E-state index contributed by atoms with van der Waals surface area (Å²) >= 11 is 0. The molecule has 2 rings (SSSR count). The minimum absolute atomic E-state index is 0.0878. The van der Waals surface area contributed by atoms with E-state index in [1.54, 1.807) is 17.0 Å². The number of amides is 2. The molecule has 1 aromatic carbocycles. The first-order chi connectivity index (χ1) is 11.6. The Hall–Kier alpha value is -1.60. The predicted molar refractivity (Wildman–Crippen MR) is 99.1 cm³/mol. The largest absolute Gasteiger partial charge is 0.335 e. The van der Waals surface area contributed by atoms with E-state index in [0.29, 0.717) is 37.0 Å². The molecule has 7 heteroatoms. The van der Waals surface area contributed by atoms with Gasteiger partial charge in [-0.1, -0.05) is 19.9 Å². The van der Waals surface area contributed by atoms with Crippen LogP contribution in [0.2, 0.25) is 0 Å². The fraction of sp³-hybridized carbons (Fsp3) is 0.611. The zero-order chi connectivity index (χ0) is 18.8. The number of sulfonamides is 1. The van der Waals surface area contributed by atoms with Crippen molar-refractivity contribution < 1.29 is 13.2 Å². The Bertz CT molecular complexity index is 723. The number of piperazine rings is 1. The van der Waals surface area contributed by atoms with Crippen LogP contribution in [-0.4, -0.2) is 55.9 Å². The van der Waals surface area contributed by atoms with Gasteiger partial charge in [0.15, 0.2) is 0 Å². The average molecular weight is 368 g/mol. The van der Waals surface area contributed by atoms with Crippen LogP contribution in [0.1, 0.15) is 31.9 Å². The number of hydrogen-bond acceptors (Lipinski definition) is 3. The number of nitrogens with zero attached hydrogens (tertiary/aromatic N) is 2. The second-order valence-corrected chi connectivity index (χ2v) is 9.06. The molecule has 0 saturated carbocycles. The van der Waals surface area contributed by atoms with Crippen molar-refractivity contribution >= 4 is 16.1 Å². The van der Waals surface area contributed by atoms with E-state index in [-0.39, 0.29) is 12.1 Å². The maximum Gasteiger partial charge on any atom is 0.317 e. The molecule has 25 heavy (non-hydrogen) atoms. The molecule has 1 fully saturated rings. The van der Waals surface area contributed by atoms with E-state index in [0.717, 1.165) is 11.1 Å². The highest BCUT2D eigenvalue weighted by Crippen LogP contribution is 2.20. The number of hydrogen-bond donors (Lipinski definition) is 1. The Morgan fingerprint density at radius 2 is 1.64 bits per heavy atom. The SMILES string of the molecule is Cc1ccc(S(=O)(=O)N2CCN(C(=O)NC(C)C(C)C)CC2)cc1C. The van der Waals surface area contributed by atoms with Crippen LogP contribution >= 0.6 is 0 Å². The quantitative estimate of drug-likeness (QED) is 0.888. The molecule has 1 atom stereocenters. The molecule has 0 spiro atoms. The van der Waals surface area contributed by atoms with Crippen molar-refractivity contribution in [1.29, 1.82) is 0 Å². The number of aryl methyl sites for hydroxylation is 2. The van der Waals surface area contributed by atoms with Crippen molar-refractivity contribution in [3.63, 3.8) is 0 Å². The van der Waals surface area contributed by atoms with Gasteiger partial charge in [-0.2, -0.15) is 4.31 Å². The standard InChI is InChI=1S/C18H29N3O3S/c1-13(2)16(5)19-18(22)20-8-10-21(11-9-20)25(23,24)17-7-6-14(3)15(4)12-17/h6-7,12-13,16H,8-11H2,1-5H3,(H,19,22). The molecular formula is C18H29N3O3S. The number of urea groups is 1. The normalized spacial score (nSPS) is 17.6. The summed E-state index contributed by atoms with van der Waals surface area (Å²) in [5.41, 5.74) is 2.03. The van der Waals surface area contributed by atoms with Gasteiger partial charge in [-0.3, -0.25) is 0 Å². The highest BCUT2D eigenvalue weighted by atomic mass is 32.2. The Balaban J connectivity index is 2.01. The molecule has 1 aliphatic heterocycles. The van der Waals surface area contributed by atoms with Gasteiger partial charge in [-0.05, 0) is 49.9 Å². The van der Waals surface area contributed by atoms with Crippen molar-refractivity contribution in [3.8, 4) is 0 Å². The zero-order valence-corrected chi connectivity index (χ0v) is 16.6. The number of carbonyl (C=O) groups excluding carboxylic acids is 1. The molecule has 0 aromatic heterocycles. The van der Waals surface area contributed by atoms with Crippen molar-refractivity contribution in [2.45, 2.75) is 45.6 Å². The summed E-state index contributed by atoms with van der Waals surface area (Å²) in [6.45, 7) is 11.4. The van der Waals surface area contributed by atoms with Gasteiger partial charge in [0.05, 0.1) is 4.90 Å². The van der Waals surface area contributed by atoms with Crippen LogP contribution in [0.5, 0.6) is 0 Å². The molecule has 1 aliphatic rings. The van der Waals surface area contributed by atoms with Crippen molar-refractivity contribution in [2.24, 2.45) is 5.92 Å². The summed E-state index contributed by atoms with van der Waals surface area (Å²) in [4.78, 5) is 14.3. The minimum Gasteiger partial charge on any atom is -0.335 e. The molecule has 0 bridgehead atoms. The smallest absolute Gasteiger partial charge is 0.317 e. The first kappa shape index (κ1) is 19.7. The summed E-state index contributed by atoms with van der Waals surface area (Å²) in [5.74, 6) is 0.357. The van der Waals surface area contributed by atoms with Gasteiger partial charge < -0.3 is 10.2 Å². The minimum atomic E-state index is -3.51. The van der Waals surface area contributed by atoms with Gasteiger partial charge in [0, 0.05) is 32.2 Å². The summed E-state index contributed by atoms with van der Waals surface area (Å²) in [5, 5.41) is 2.97. The Labute approximate surface area is 151 Å². The summed E-state index contributed by atoms with van der Waals surface area (Å²) < 4.78 is 27.1. The fourth-order valence-corrected chi connectivity index (χ4v) is 4.12. The molecule has 6 nitrogen and oxygen atoms in total. The first-order valence-corrected chi connectivity index (χ1v) is 10.2. The van der Waals surface area contributed by atoms with Gasteiger partial charge in [-0.25, -0.2) is 13.2 Å². The van der Waals surface area contributed by atoms with Gasteiger partial charge in [0.2, 0.25) is 10.0 Å². The summed E-state index contributed by atoms with van der Waals surface area (Å²) in [7, 11) is -3.51. The van der Waals surface area contributed by atoms with Crippen LogP contribution in [0.4, 0.5) is 4.79 Å². The third kappa shape index (κ3) is 4.52. The van der Waals surface area contributed by atoms with Crippen LogP contribution in [-0.2, 0) is 10.0 Å². The van der Waals surface area contributed by atoms with Crippen molar-refractivity contribution in [1.82, 2.24) is 14.5 Å². The van der Waals surface area contributed by atoms with E-state index in [9.17, 15) is 13.2 Å². The molecule has 1 heterocycles. The molecule has 0 aliphatic carbocycles. The van der Waals surface area contributed by atoms with Crippen molar-refractivity contribution in [2.75, 3.05) is 26.2 Å². The molecule has 1 N–H and O–H groups in total. The third-order valence-corrected chi connectivity index (χ3v) is 6.89. The van der Waals surface area contributed by atoms with E-state index in [1.807, 2.05) is 26.8 Å². The van der Waals surface area contributed by atoms with Gasteiger partial charge in [0.1, 0.15) is 0 Å². The molecule has 1 saturated heterocycles. The second-order valence-electron chi connectivity index (χ2n) is 7.12. The lowest BCUT2D eigenvalue weighted by Crippen LogP contribution is -2.54. The topological polar surface area (TPSA) is 69.7 Å². The molecule has 0 radical (unpaired) electrons. The third-order valence-electron chi connectivity index (χ3n) is 4.99. The van der Waals surface area contributed by atoms with E-state index < -0.39 is 10.0 Å². The second kappa shape index (κ2) is 7.74. The van der Waals surface area contributed by atoms with Crippen LogP contribution in [0, 0.1) is 19.8 Å². The van der Waals surface area contributed by atoms with E-state index in [2.05, 4.69) is 19.2 Å². The van der Waals surface area contributed by atoms with Gasteiger partial charge in [-0.15, -0.1) is 0 Å². The Morgan fingerprint density at radius 3 is 2.16 bits per heavy atom. The number of carbonyl (C=O) groups is 1. The van der Waals surface area contributed by atoms with Crippen molar-refractivity contribution in [3.05, 3.63) is 29.3 Å². The van der Waals surface area contributed by atoms with E-state index in [1.165, 1.54) is 4.31 Å². The van der Waals surface area contributed by atoms with Crippen LogP contribution in [0.3, 0.4) is 0 Å². The van der Waals surface area contributed by atoms with Gasteiger partial charge in [0.25, 0.3) is 0 Å². The molecule has 1 aromatic rings. The first-order valence-electron chi connectivity index (χ1n) is 8.75. The van der Waals surface area contributed by atoms with Gasteiger partial charge >= 0.3 is 6.03 Å². The summed E-state index contributed by atoms with van der Waals surface area (Å²) in [6, 6.07) is 5.17. The molecule has 2 amide bonds. The number of nitrogens with one attached hydrogen (secondary N) is 1. The van der Waals surface area contributed by atoms with E-state index >= 15 is 0 Å². The predicted octanol–water partition coefficient (Wildman–Crippen LogP) is 2.36.